The predicted octanol–water partition coefficient (Wildman–Crippen LogP) is 2.97. The van der Waals surface area contributed by atoms with Gasteiger partial charge in [-0.15, -0.1) is 0 Å². The minimum absolute atomic E-state index is 0.126. The van der Waals surface area contributed by atoms with E-state index in [1.807, 2.05) is 0 Å². The number of hydrogen-bond acceptors (Lipinski definition) is 3. The summed E-state index contributed by atoms with van der Waals surface area (Å²) < 4.78 is 0. The van der Waals surface area contributed by atoms with Crippen molar-refractivity contribution in [3.05, 3.63) is 18.2 Å². The summed E-state index contributed by atoms with van der Waals surface area (Å²) in [7, 11) is 0. The van der Waals surface area contributed by atoms with Crippen LogP contribution in [0.25, 0.3) is 0 Å². The van der Waals surface area contributed by atoms with Crippen LogP contribution in [0.4, 0.5) is 0 Å². The van der Waals surface area contributed by atoms with Gasteiger partial charge in [0.15, 0.2) is 0 Å². The van der Waals surface area contributed by atoms with Gasteiger partial charge in [-0.3, -0.25) is 9.59 Å². The van der Waals surface area contributed by atoms with Crippen LogP contribution >= 0.6 is 0 Å². The van der Waals surface area contributed by atoms with Crippen molar-refractivity contribution < 1.29 is 14.7 Å². The van der Waals surface area contributed by atoms with E-state index in [4.69, 9.17) is 5.11 Å². The lowest BCUT2D eigenvalue weighted by Crippen LogP contribution is -2.15. The molecule has 0 amide bonds. The minimum Gasteiger partial charge on any atom is -0.481 e. The third kappa shape index (κ3) is 6.50. The number of ketones is 1. The highest BCUT2D eigenvalue weighted by atomic mass is 16.4. The van der Waals surface area contributed by atoms with Crippen LogP contribution in [0.15, 0.2) is 12.5 Å². The van der Waals surface area contributed by atoms with Gasteiger partial charge in [-0.25, -0.2) is 4.98 Å². The third-order valence-electron chi connectivity index (χ3n) is 3.51. The van der Waals surface area contributed by atoms with Crippen molar-refractivity contribution in [1.82, 2.24) is 9.97 Å². The lowest BCUT2D eigenvalue weighted by molar-refractivity contribution is -0.142. The molecule has 0 unspecified atom stereocenters. The maximum Gasteiger partial charge on any atom is 0.306 e. The van der Waals surface area contributed by atoms with Crippen molar-refractivity contribution in [3.8, 4) is 0 Å². The van der Waals surface area contributed by atoms with E-state index in [-0.39, 0.29) is 11.7 Å². The molecule has 0 spiro atoms. The third-order valence-corrected chi connectivity index (χ3v) is 3.51. The number of aliphatic carboxylic acids is 1. The van der Waals surface area contributed by atoms with Gasteiger partial charge < -0.3 is 10.1 Å². The smallest absolute Gasteiger partial charge is 0.306 e. The standard InChI is InChI=1S/C15H24N2O3/c1-2-3-4-5-12(15(19)20)6-8-14(18)9-7-13-10-16-11-17-13/h10-12H,2-9H2,1H3,(H,16,17)(H,19,20)/t12-/m1/s1. The van der Waals surface area contributed by atoms with Crippen LogP contribution in [0.5, 0.6) is 0 Å². The second kappa shape index (κ2) is 9.28. The largest absolute Gasteiger partial charge is 0.481 e. The Morgan fingerprint density at radius 1 is 1.30 bits per heavy atom. The molecule has 1 aromatic heterocycles. The molecule has 1 atom stereocenters. The Bertz CT molecular complexity index is 401. The molecule has 0 saturated heterocycles. The first-order chi connectivity index (χ1) is 9.63. The second-order valence-corrected chi connectivity index (χ2v) is 5.19. The number of hydrogen-bond donors (Lipinski definition) is 2. The minimum atomic E-state index is -0.775. The van der Waals surface area contributed by atoms with Crippen molar-refractivity contribution in [2.75, 3.05) is 0 Å². The van der Waals surface area contributed by atoms with Crippen molar-refractivity contribution in [2.24, 2.45) is 5.92 Å². The van der Waals surface area contributed by atoms with E-state index in [0.717, 1.165) is 25.0 Å². The summed E-state index contributed by atoms with van der Waals surface area (Å²) in [6.07, 6.45) is 8.94. The Morgan fingerprint density at radius 2 is 2.10 bits per heavy atom. The number of rotatable bonds is 11. The number of aromatic nitrogens is 2. The molecule has 1 heterocycles. The molecule has 1 rings (SSSR count). The van der Waals surface area contributed by atoms with E-state index >= 15 is 0 Å². The topological polar surface area (TPSA) is 83.0 Å². The van der Waals surface area contributed by atoms with Crippen LogP contribution in [-0.2, 0) is 16.0 Å². The van der Waals surface area contributed by atoms with E-state index in [1.54, 1.807) is 12.5 Å². The first kappa shape index (κ1) is 16.4. The Labute approximate surface area is 119 Å². The van der Waals surface area contributed by atoms with Crippen LogP contribution in [0.2, 0.25) is 0 Å². The van der Waals surface area contributed by atoms with Crippen molar-refractivity contribution in [2.45, 2.75) is 58.3 Å². The monoisotopic (exact) mass is 280 g/mol. The van der Waals surface area contributed by atoms with E-state index in [1.165, 1.54) is 0 Å². The molecule has 112 valence electrons. The van der Waals surface area contributed by atoms with E-state index < -0.39 is 5.97 Å². The number of H-pyrrole nitrogens is 1. The summed E-state index contributed by atoms with van der Waals surface area (Å²) in [4.78, 5) is 29.7. The van der Waals surface area contributed by atoms with E-state index in [2.05, 4.69) is 16.9 Å². The fourth-order valence-electron chi connectivity index (χ4n) is 2.19. The second-order valence-electron chi connectivity index (χ2n) is 5.19. The summed E-state index contributed by atoms with van der Waals surface area (Å²) in [5.41, 5.74) is 0.941. The van der Waals surface area contributed by atoms with Crippen molar-refractivity contribution in [1.29, 1.82) is 0 Å². The van der Waals surface area contributed by atoms with Gasteiger partial charge >= 0.3 is 5.97 Å². The van der Waals surface area contributed by atoms with Gasteiger partial charge in [0.2, 0.25) is 0 Å². The predicted molar refractivity (Wildman–Crippen MR) is 76.4 cm³/mol. The molecule has 5 nitrogen and oxygen atoms in total. The fraction of sp³-hybridized carbons (Fsp3) is 0.667. The highest BCUT2D eigenvalue weighted by Gasteiger charge is 2.18. The molecule has 2 N–H and O–H groups in total. The maximum atomic E-state index is 11.8. The first-order valence-corrected chi connectivity index (χ1v) is 7.35. The molecule has 0 saturated carbocycles. The van der Waals surface area contributed by atoms with Gasteiger partial charge in [-0.1, -0.05) is 26.2 Å². The summed E-state index contributed by atoms with van der Waals surface area (Å²) in [5, 5.41) is 9.14. The van der Waals surface area contributed by atoms with Gasteiger partial charge in [-0.2, -0.15) is 0 Å². The SMILES string of the molecule is CCCCC[C@H](CCC(=O)CCc1cnc[nH]1)C(=O)O. The van der Waals surface area contributed by atoms with Crippen LogP contribution in [0, 0.1) is 5.92 Å². The number of aromatic amines is 1. The summed E-state index contributed by atoms with van der Waals surface area (Å²) >= 11 is 0. The van der Waals surface area contributed by atoms with Gasteiger partial charge in [0.1, 0.15) is 5.78 Å². The number of carbonyl (C=O) groups excluding carboxylic acids is 1. The average molecular weight is 280 g/mol. The molecule has 0 aliphatic carbocycles. The number of nitrogens with zero attached hydrogens (tertiary/aromatic N) is 1. The molecule has 0 fully saturated rings. The molecule has 5 heteroatoms. The average Bonchev–Trinajstić information content (AvgIpc) is 2.93. The van der Waals surface area contributed by atoms with Gasteiger partial charge in [-0.05, 0) is 19.3 Å². The Kier molecular flexibility index (Phi) is 7.62. The zero-order valence-electron chi connectivity index (χ0n) is 12.1. The number of carboxylic acids is 1. The van der Waals surface area contributed by atoms with Crippen LogP contribution < -0.4 is 0 Å². The maximum absolute atomic E-state index is 11.8. The quantitative estimate of drug-likeness (QED) is 0.610. The van der Waals surface area contributed by atoms with Crippen molar-refractivity contribution >= 4 is 11.8 Å². The lowest BCUT2D eigenvalue weighted by atomic mass is 9.94. The van der Waals surface area contributed by atoms with Crippen LogP contribution in [0.1, 0.15) is 57.6 Å². The van der Waals surface area contributed by atoms with E-state index in [0.29, 0.717) is 32.1 Å². The highest BCUT2D eigenvalue weighted by molar-refractivity contribution is 5.79. The van der Waals surface area contributed by atoms with Gasteiger partial charge in [0.05, 0.1) is 12.2 Å². The summed E-state index contributed by atoms with van der Waals surface area (Å²) in [5.74, 6) is -1.03. The molecule has 1 aromatic rings. The molecule has 0 aromatic carbocycles. The van der Waals surface area contributed by atoms with E-state index in [9.17, 15) is 9.59 Å². The van der Waals surface area contributed by atoms with Gasteiger partial charge in [0.25, 0.3) is 0 Å². The van der Waals surface area contributed by atoms with Crippen molar-refractivity contribution in [3.63, 3.8) is 0 Å². The Morgan fingerprint density at radius 3 is 2.70 bits per heavy atom. The number of carboxylic acid groups (broad SMARTS) is 1. The molecule has 0 bridgehead atoms. The molecular weight excluding hydrogens is 256 g/mol. The highest BCUT2D eigenvalue weighted by Crippen LogP contribution is 2.17. The molecule has 0 aliphatic rings. The zero-order valence-corrected chi connectivity index (χ0v) is 12.1. The fourth-order valence-corrected chi connectivity index (χ4v) is 2.19. The molecule has 20 heavy (non-hydrogen) atoms. The lowest BCUT2D eigenvalue weighted by Gasteiger charge is -2.11. The summed E-state index contributed by atoms with van der Waals surface area (Å²) in [6.45, 7) is 2.09. The van der Waals surface area contributed by atoms with Crippen LogP contribution in [-0.4, -0.2) is 26.8 Å². The molecular formula is C15H24N2O3. The van der Waals surface area contributed by atoms with Crippen LogP contribution in [0.3, 0.4) is 0 Å². The number of unbranched alkanes of at least 4 members (excludes halogenated alkanes) is 2. The number of nitrogens with one attached hydrogen (secondary N) is 1. The molecule has 0 aliphatic heterocycles. The first-order valence-electron chi connectivity index (χ1n) is 7.35. The Hall–Kier alpha value is -1.65. The number of Topliss-reactive ketones (excluding diaryl/α,β-unsaturated/α-hetero) is 1. The van der Waals surface area contributed by atoms with Gasteiger partial charge in [0, 0.05) is 24.7 Å². The molecule has 0 radical (unpaired) electrons. The summed E-state index contributed by atoms with van der Waals surface area (Å²) in [6, 6.07) is 0. The number of imidazole rings is 1. The Balaban J connectivity index is 2.23. The zero-order chi connectivity index (χ0) is 14.8. The number of carbonyl (C=O) groups is 2. The normalized spacial score (nSPS) is 12.2. The number of aryl methyl sites for hydroxylation is 1.